The summed E-state index contributed by atoms with van der Waals surface area (Å²) in [6.45, 7) is 4.17. The second kappa shape index (κ2) is 12.5. The summed E-state index contributed by atoms with van der Waals surface area (Å²) in [6, 6.07) is 19.1. The predicted molar refractivity (Wildman–Crippen MR) is 167 cm³/mol. The van der Waals surface area contributed by atoms with Crippen LogP contribution in [0.1, 0.15) is 41.1 Å². The van der Waals surface area contributed by atoms with E-state index in [2.05, 4.69) is 15.6 Å². The van der Waals surface area contributed by atoms with E-state index in [0.29, 0.717) is 34.5 Å². The van der Waals surface area contributed by atoms with Gasteiger partial charge < -0.3 is 29.6 Å². The molecule has 0 radical (unpaired) electrons. The minimum atomic E-state index is -0.411. The monoisotopic (exact) mass is 600 g/mol. The molecule has 2 atom stereocenters. The van der Waals surface area contributed by atoms with Gasteiger partial charge in [0.2, 0.25) is 5.91 Å². The van der Waals surface area contributed by atoms with Crippen LogP contribution in [-0.2, 0) is 4.79 Å². The van der Waals surface area contributed by atoms with Crippen molar-refractivity contribution in [2.75, 3.05) is 26.1 Å². The van der Waals surface area contributed by atoms with Gasteiger partial charge >= 0.3 is 0 Å². The van der Waals surface area contributed by atoms with Crippen LogP contribution in [0.15, 0.2) is 72.9 Å². The SMILES string of the molecule is COc1ccc(-n2c(C)cc([C@@H]3[C@H](c4ccccn4)NC(=S)N3CCC(=O)Nc3ccccc3OC)c2C)c([N+](=O)[O-])c1. The first kappa shape index (κ1) is 29.5. The Labute approximate surface area is 254 Å². The molecule has 11 nitrogen and oxygen atoms in total. The van der Waals surface area contributed by atoms with E-state index >= 15 is 0 Å². The number of para-hydroxylation sites is 2. The number of nitrogens with one attached hydrogen (secondary N) is 2. The molecule has 2 aromatic carbocycles. The Hall–Kier alpha value is -4.97. The lowest BCUT2D eigenvalue weighted by Gasteiger charge is -2.28. The molecule has 222 valence electrons. The molecule has 0 unspecified atom stereocenters. The summed E-state index contributed by atoms with van der Waals surface area (Å²) in [5, 5.41) is 18.9. The number of nitrogens with zero attached hydrogens (tertiary/aromatic N) is 4. The summed E-state index contributed by atoms with van der Waals surface area (Å²) in [7, 11) is 3.03. The van der Waals surface area contributed by atoms with Crippen molar-refractivity contribution in [3.63, 3.8) is 0 Å². The lowest BCUT2D eigenvalue weighted by Crippen LogP contribution is -2.33. The number of nitro benzene ring substituents is 1. The molecule has 5 rings (SSSR count). The number of aromatic nitrogens is 2. The number of carbonyl (C=O) groups is 1. The third-order valence-corrected chi connectivity index (χ3v) is 7.92. The number of rotatable bonds is 10. The molecule has 1 amide bonds. The number of carbonyl (C=O) groups excluding carboxylic acids is 1. The van der Waals surface area contributed by atoms with Crippen molar-refractivity contribution in [3.05, 3.63) is 106 Å². The van der Waals surface area contributed by atoms with E-state index in [0.717, 1.165) is 22.6 Å². The fourth-order valence-electron chi connectivity index (χ4n) is 5.59. The number of amides is 1. The van der Waals surface area contributed by atoms with Crippen LogP contribution >= 0.6 is 12.2 Å². The van der Waals surface area contributed by atoms with Gasteiger partial charge in [0, 0.05) is 30.6 Å². The zero-order valence-corrected chi connectivity index (χ0v) is 25.1. The average molecular weight is 601 g/mol. The highest BCUT2D eigenvalue weighted by Crippen LogP contribution is 2.42. The Morgan fingerprint density at radius 1 is 1.09 bits per heavy atom. The first-order chi connectivity index (χ1) is 20.7. The largest absolute Gasteiger partial charge is 0.496 e. The summed E-state index contributed by atoms with van der Waals surface area (Å²) in [4.78, 5) is 31.3. The van der Waals surface area contributed by atoms with Gasteiger partial charge in [-0.25, -0.2) is 0 Å². The van der Waals surface area contributed by atoms with Crippen molar-refractivity contribution in [1.29, 1.82) is 0 Å². The van der Waals surface area contributed by atoms with Gasteiger partial charge in [0.25, 0.3) is 5.69 Å². The fourth-order valence-corrected chi connectivity index (χ4v) is 5.92. The Kier molecular flexibility index (Phi) is 8.58. The standard InChI is InChI=1S/C31H32N6O5S/c1-19-17-22(20(2)36(19)25-13-12-21(41-3)18-26(25)37(39)40)30-29(24-10-7-8-15-32-24)34-31(43)35(30)16-14-28(38)33-23-9-5-6-11-27(23)42-4/h5-13,15,17-18,29-30H,14,16H2,1-4H3,(H,33,38)(H,34,43)/t29-,30+/m0/s1. The van der Waals surface area contributed by atoms with Gasteiger partial charge in [-0.2, -0.15) is 0 Å². The van der Waals surface area contributed by atoms with Crippen molar-refractivity contribution in [3.8, 4) is 17.2 Å². The molecule has 0 bridgehead atoms. The number of pyridine rings is 1. The van der Waals surface area contributed by atoms with Crippen molar-refractivity contribution in [2.24, 2.45) is 0 Å². The molecule has 2 N–H and O–H groups in total. The number of nitro groups is 1. The molecule has 2 aromatic heterocycles. The lowest BCUT2D eigenvalue weighted by atomic mass is 9.96. The van der Waals surface area contributed by atoms with Gasteiger partial charge in [-0.15, -0.1) is 0 Å². The molecule has 1 saturated heterocycles. The summed E-state index contributed by atoms with van der Waals surface area (Å²) in [6.07, 6.45) is 1.89. The molecule has 0 aliphatic carbocycles. The number of hydrogen-bond donors (Lipinski definition) is 2. The number of benzene rings is 2. The highest BCUT2D eigenvalue weighted by molar-refractivity contribution is 7.80. The number of methoxy groups -OCH3 is 2. The lowest BCUT2D eigenvalue weighted by molar-refractivity contribution is -0.384. The Morgan fingerprint density at radius 3 is 2.56 bits per heavy atom. The van der Waals surface area contributed by atoms with Crippen molar-refractivity contribution in [2.45, 2.75) is 32.4 Å². The van der Waals surface area contributed by atoms with Gasteiger partial charge in [-0.1, -0.05) is 18.2 Å². The van der Waals surface area contributed by atoms with Crippen LogP contribution in [-0.4, -0.2) is 51.2 Å². The molecule has 4 aromatic rings. The first-order valence-corrected chi connectivity index (χ1v) is 14.1. The van der Waals surface area contributed by atoms with Crippen molar-refractivity contribution in [1.82, 2.24) is 19.8 Å². The molecule has 1 fully saturated rings. The van der Waals surface area contributed by atoms with E-state index in [9.17, 15) is 14.9 Å². The Bertz CT molecular complexity index is 1670. The number of anilines is 1. The minimum absolute atomic E-state index is 0.0705. The number of hydrogen-bond acceptors (Lipinski definition) is 7. The highest BCUT2D eigenvalue weighted by atomic mass is 32.1. The summed E-state index contributed by atoms with van der Waals surface area (Å²) in [5.74, 6) is 0.783. The topological polar surface area (TPSA) is 124 Å². The number of thiocarbonyl (C=S) groups is 1. The van der Waals surface area contributed by atoms with Crippen molar-refractivity contribution < 1.29 is 19.2 Å². The second-order valence-corrected chi connectivity index (χ2v) is 10.5. The zero-order valence-electron chi connectivity index (χ0n) is 24.2. The van der Waals surface area contributed by atoms with E-state index in [1.54, 1.807) is 37.6 Å². The van der Waals surface area contributed by atoms with Crippen LogP contribution < -0.4 is 20.1 Å². The van der Waals surface area contributed by atoms with Crippen LogP contribution in [0.3, 0.4) is 0 Å². The third kappa shape index (κ3) is 5.86. The smallest absolute Gasteiger partial charge is 0.296 e. The molecular weight excluding hydrogens is 568 g/mol. The zero-order chi connectivity index (χ0) is 30.7. The summed E-state index contributed by atoms with van der Waals surface area (Å²) in [5.41, 5.74) is 4.27. The third-order valence-electron chi connectivity index (χ3n) is 7.57. The average Bonchev–Trinajstić information content (AvgIpc) is 3.50. The molecule has 3 heterocycles. The Balaban J connectivity index is 1.51. The quantitative estimate of drug-likeness (QED) is 0.140. The van der Waals surface area contributed by atoms with Crippen LogP contribution in [0.2, 0.25) is 0 Å². The second-order valence-electron chi connectivity index (χ2n) is 10.1. The van der Waals surface area contributed by atoms with Gasteiger partial charge in [0.05, 0.1) is 48.7 Å². The number of aryl methyl sites for hydroxylation is 1. The van der Waals surface area contributed by atoms with E-state index in [4.69, 9.17) is 21.7 Å². The molecule has 12 heteroatoms. The molecule has 43 heavy (non-hydrogen) atoms. The van der Waals surface area contributed by atoms with Crippen LogP contribution in [0, 0.1) is 24.0 Å². The van der Waals surface area contributed by atoms with E-state index in [1.807, 2.05) is 59.7 Å². The van der Waals surface area contributed by atoms with Gasteiger partial charge in [0.1, 0.15) is 17.2 Å². The minimum Gasteiger partial charge on any atom is -0.496 e. The summed E-state index contributed by atoms with van der Waals surface area (Å²) >= 11 is 5.80. The Morgan fingerprint density at radius 2 is 1.86 bits per heavy atom. The summed E-state index contributed by atoms with van der Waals surface area (Å²) < 4.78 is 12.5. The van der Waals surface area contributed by atoms with Gasteiger partial charge in [0.15, 0.2) is 5.11 Å². The van der Waals surface area contributed by atoms with Gasteiger partial charge in [-0.3, -0.25) is 19.9 Å². The predicted octanol–water partition coefficient (Wildman–Crippen LogP) is 5.42. The molecule has 0 spiro atoms. The molecular formula is C31H32N6O5S. The molecule has 0 saturated carbocycles. The van der Waals surface area contributed by atoms with Crippen LogP contribution in [0.4, 0.5) is 11.4 Å². The number of ether oxygens (including phenoxy) is 2. The van der Waals surface area contributed by atoms with Crippen LogP contribution in [0.5, 0.6) is 11.5 Å². The molecule has 1 aliphatic heterocycles. The maximum absolute atomic E-state index is 13.1. The molecule has 1 aliphatic rings. The van der Waals surface area contributed by atoms with E-state index < -0.39 is 4.92 Å². The van der Waals surface area contributed by atoms with Crippen LogP contribution in [0.25, 0.3) is 5.69 Å². The van der Waals surface area contributed by atoms with Gasteiger partial charge in [-0.05, 0) is 74.1 Å². The maximum atomic E-state index is 13.1. The first-order valence-electron chi connectivity index (χ1n) is 13.7. The normalized spacial score (nSPS) is 16.1. The van der Waals surface area contributed by atoms with Crippen molar-refractivity contribution >= 4 is 34.6 Å². The fraction of sp³-hybridized carbons (Fsp3) is 0.258. The van der Waals surface area contributed by atoms with E-state index in [1.165, 1.54) is 13.2 Å². The highest BCUT2D eigenvalue weighted by Gasteiger charge is 2.41. The maximum Gasteiger partial charge on any atom is 0.296 e. The van der Waals surface area contributed by atoms with E-state index in [-0.39, 0.29) is 30.1 Å².